The molecule has 2 heterocycles. The topological polar surface area (TPSA) is 16.1 Å². The van der Waals surface area contributed by atoms with E-state index in [1.807, 2.05) is 12.3 Å². The number of piperidine rings is 1. The van der Waals surface area contributed by atoms with Gasteiger partial charge in [0.25, 0.3) is 0 Å². The van der Waals surface area contributed by atoms with Crippen molar-refractivity contribution < 1.29 is 13.2 Å². The van der Waals surface area contributed by atoms with Gasteiger partial charge in [0.15, 0.2) is 0 Å². The molecule has 108 valence electrons. The minimum absolute atomic E-state index is 0.0659. The van der Waals surface area contributed by atoms with Crippen LogP contribution in [0.5, 0.6) is 0 Å². The molecule has 0 N–H and O–H groups in total. The first-order valence-corrected chi connectivity index (χ1v) is 7.64. The van der Waals surface area contributed by atoms with Crippen LogP contribution in [0.25, 0.3) is 0 Å². The lowest BCUT2D eigenvalue weighted by atomic mass is 9.95. The van der Waals surface area contributed by atoms with Crippen molar-refractivity contribution >= 4 is 22.9 Å². The minimum Gasteiger partial charge on any atom is -0.294 e. The lowest BCUT2D eigenvalue weighted by molar-refractivity contribution is -0.186. The van der Waals surface area contributed by atoms with Crippen molar-refractivity contribution in [1.29, 1.82) is 0 Å². The van der Waals surface area contributed by atoms with Gasteiger partial charge in [0.1, 0.15) is 5.01 Å². The van der Waals surface area contributed by atoms with E-state index in [-0.39, 0.29) is 18.9 Å². The lowest BCUT2D eigenvalue weighted by Gasteiger charge is -2.35. The fourth-order valence-corrected chi connectivity index (χ4v) is 3.48. The Kier molecular flexibility index (Phi) is 4.74. The van der Waals surface area contributed by atoms with Gasteiger partial charge < -0.3 is 0 Å². The quantitative estimate of drug-likeness (QED) is 0.777. The molecule has 0 bridgehead atoms. The Morgan fingerprint density at radius 3 is 2.58 bits per heavy atom. The van der Waals surface area contributed by atoms with Crippen molar-refractivity contribution in [1.82, 2.24) is 9.88 Å². The highest BCUT2D eigenvalue weighted by molar-refractivity contribution is 7.09. The summed E-state index contributed by atoms with van der Waals surface area (Å²) >= 11 is 7.23. The third-order valence-electron chi connectivity index (χ3n) is 3.60. The number of rotatable bonds is 3. The van der Waals surface area contributed by atoms with E-state index < -0.39 is 12.1 Å². The molecule has 1 aliphatic heterocycles. The van der Waals surface area contributed by atoms with Gasteiger partial charge in [-0.3, -0.25) is 4.90 Å². The molecule has 1 atom stereocenters. The van der Waals surface area contributed by atoms with Crippen molar-refractivity contribution in [3.63, 3.8) is 0 Å². The number of aromatic nitrogens is 1. The smallest absolute Gasteiger partial charge is 0.294 e. The van der Waals surface area contributed by atoms with Crippen LogP contribution in [0.15, 0.2) is 5.38 Å². The van der Waals surface area contributed by atoms with E-state index in [9.17, 15) is 13.2 Å². The zero-order valence-corrected chi connectivity index (χ0v) is 12.2. The molecule has 2 rings (SSSR count). The predicted molar refractivity (Wildman–Crippen MR) is 70.4 cm³/mol. The van der Waals surface area contributed by atoms with E-state index in [1.54, 1.807) is 0 Å². The molecule has 7 heteroatoms. The molecular formula is C12H16ClF3N2S. The average Bonchev–Trinajstić information content (AvgIpc) is 2.86. The third kappa shape index (κ3) is 3.61. The van der Waals surface area contributed by atoms with E-state index >= 15 is 0 Å². The molecule has 1 aromatic heterocycles. The van der Waals surface area contributed by atoms with Gasteiger partial charge in [-0.05, 0) is 32.9 Å². The second-order valence-corrected chi connectivity index (χ2v) is 6.00. The second kappa shape index (κ2) is 5.97. The lowest BCUT2D eigenvalue weighted by Crippen LogP contribution is -2.40. The fourth-order valence-electron chi connectivity index (χ4n) is 2.35. The van der Waals surface area contributed by atoms with Gasteiger partial charge >= 0.3 is 6.18 Å². The normalized spacial score (nSPS) is 20.7. The van der Waals surface area contributed by atoms with E-state index in [0.717, 1.165) is 10.7 Å². The van der Waals surface area contributed by atoms with Crippen molar-refractivity contribution in [2.75, 3.05) is 13.1 Å². The first kappa shape index (κ1) is 15.1. The average molecular weight is 313 g/mol. The molecule has 1 aromatic rings. The SMILES string of the molecule is CC(c1nc(CCl)cs1)N1CCC(C(F)(F)F)CC1. The molecule has 2 nitrogen and oxygen atoms in total. The van der Waals surface area contributed by atoms with Crippen LogP contribution >= 0.6 is 22.9 Å². The number of halogens is 4. The first-order valence-electron chi connectivity index (χ1n) is 6.23. The molecule has 0 aliphatic carbocycles. The molecule has 1 saturated heterocycles. The van der Waals surface area contributed by atoms with Gasteiger partial charge in [-0.2, -0.15) is 13.2 Å². The number of thiazole rings is 1. The Hall–Kier alpha value is -0.330. The molecule has 1 fully saturated rings. The molecule has 0 aromatic carbocycles. The Morgan fingerprint density at radius 2 is 2.11 bits per heavy atom. The summed E-state index contributed by atoms with van der Waals surface area (Å²) in [4.78, 5) is 6.46. The summed E-state index contributed by atoms with van der Waals surface area (Å²) in [5.74, 6) is -0.773. The molecule has 0 saturated carbocycles. The van der Waals surface area contributed by atoms with Gasteiger partial charge in [0.2, 0.25) is 0 Å². The number of alkyl halides is 4. The largest absolute Gasteiger partial charge is 0.391 e. The van der Waals surface area contributed by atoms with Crippen LogP contribution in [0, 0.1) is 5.92 Å². The van der Waals surface area contributed by atoms with Gasteiger partial charge in [-0.1, -0.05) is 0 Å². The number of hydrogen-bond acceptors (Lipinski definition) is 3. The zero-order chi connectivity index (χ0) is 14.0. The van der Waals surface area contributed by atoms with Crippen LogP contribution in [0.4, 0.5) is 13.2 Å². The molecule has 0 spiro atoms. The van der Waals surface area contributed by atoms with Crippen molar-refractivity contribution in [3.05, 3.63) is 16.1 Å². The molecule has 19 heavy (non-hydrogen) atoms. The van der Waals surface area contributed by atoms with Crippen LogP contribution in [0.1, 0.15) is 36.5 Å². The summed E-state index contributed by atoms with van der Waals surface area (Å²) < 4.78 is 37.8. The van der Waals surface area contributed by atoms with Crippen LogP contribution in [-0.2, 0) is 5.88 Å². The second-order valence-electron chi connectivity index (χ2n) is 4.84. The van der Waals surface area contributed by atoms with E-state index in [0.29, 0.717) is 19.0 Å². The zero-order valence-electron chi connectivity index (χ0n) is 10.6. The summed E-state index contributed by atoms with van der Waals surface area (Å²) in [6.07, 6.45) is -3.69. The monoisotopic (exact) mass is 312 g/mol. The summed E-state index contributed by atoms with van der Waals surface area (Å²) in [7, 11) is 0. The third-order valence-corrected chi connectivity index (χ3v) is 4.94. The Labute approximate surface area is 119 Å². The van der Waals surface area contributed by atoms with Crippen molar-refractivity contribution in [3.8, 4) is 0 Å². The van der Waals surface area contributed by atoms with E-state index in [2.05, 4.69) is 9.88 Å². The molecule has 0 amide bonds. The van der Waals surface area contributed by atoms with Crippen LogP contribution in [0.3, 0.4) is 0 Å². The Morgan fingerprint density at radius 1 is 1.47 bits per heavy atom. The van der Waals surface area contributed by atoms with Crippen LogP contribution in [-0.4, -0.2) is 29.1 Å². The van der Waals surface area contributed by atoms with Gasteiger partial charge in [-0.25, -0.2) is 4.98 Å². The Bertz CT molecular complexity index is 413. The predicted octanol–water partition coefficient (Wildman–Crippen LogP) is 4.22. The molecular weight excluding hydrogens is 297 g/mol. The summed E-state index contributed by atoms with van der Waals surface area (Å²) in [6, 6.07) is 0.0659. The van der Waals surface area contributed by atoms with Crippen LogP contribution in [0.2, 0.25) is 0 Å². The van der Waals surface area contributed by atoms with E-state index in [1.165, 1.54) is 11.3 Å². The maximum atomic E-state index is 12.6. The highest BCUT2D eigenvalue weighted by Crippen LogP contribution is 2.36. The highest BCUT2D eigenvalue weighted by Gasteiger charge is 2.41. The summed E-state index contributed by atoms with van der Waals surface area (Å²) in [5.41, 5.74) is 0.832. The number of hydrogen-bond donors (Lipinski definition) is 0. The van der Waals surface area contributed by atoms with Crippen molar-refractivity contribution in [2.45, 2.75) is 37.9 Å². The fraction of sp³-hybridized carbons (Fsp3) is 0.750. The highest BCUT2D eigenvalue weighted by atomic mass is 35.5. The maximum absolute atomic E-state index is 12.6. The molecule has 0 radical (unpaired) electrons. The molecule has 1 unspecified atom stereocenters. The van der Waals surface area contributed by atoms with Crippen molar-refractivity contribution in [2.24, 2.45) is 5.92 Å². The van der Waals surface area contributed by atoms with Crippen LogP contribution < -0.4 is 0 Å². The standard InChI is InChI=1S/C12H16ClF3N2S/c1-8(11-17-10(6-13)7-19-11)18-4-2-9(3-5-18)12(14,15)16/h7-9H,2-6H2,1H3. The number of likely N-dealkylation sites (tertiary alicyclic amines) is 1. The van der Waals surface area contributed by atoms with Gasteiger partial charge in [0, 0.05) is 5.38 Å². The first-order chi connectivity index (χ1) is 8.91. The number of nitrogens with zero attached hydrogens (tertiary/aromatic N) is 2. The Balaban J connectivity index is 1.94. The minimum atomic E-state index is -4.05. The summed E-state index contributed by atoms with van der Waals surface area (Å²) in [5, 5.41) is 2.84. The maximum Gasteiger partial charge on any atom is 0.391 e. The molecule has 1 aliphatic rings. The van der Waals surface area contributed by atoms with E-state index in [4.69, 9.17) is 11.6 Å². The van der Waals surface area contributed by atoms with Gasteiger partial charge in [-0.15, -0.1) is 22.9 Å². The summed E-state index contributed by atoms with van der Waals surface area (Å²) in [6.45, 7) is 2.94. The van der Waals surface area contributed by atoms with Gasteiger partial charge in [0.05, 0.1) is 23.5 Å².